The summed E-state index contributed by atoms with van der Waals surface area (Å²) in [5.74, 6) is 0.0657. The van der Waals surface area contributed by atoms with Gasteiger partial charge in [0.15, 0.2) is 0 Å². The first-order valence-electron chi connectivity index (χ1n) is 6.11. The largest absolute Gasteiger partial charge is 0.340 e. The van der Waals surface area contributed by atoms with Crippen molar-refractivity contribution in [2.75, 3.05) is 27.2 Å². The van der Waals surface area contributed by atoms with E-state index in [4.69, 9.17) is 0 Å². The number of hydrogen-bond acceptors (Lipinski definition) is 2. The summed E-state index contributed by atoms with van der Waals surface area (Å²) in [4.78, 5) is 13.9. The molecule has 1 N–H and O–H groups in total. The number of carbonyl (C=O) groups is 1. The average molecular weight is 242 g/mol. The minimum Gasteiger partial charge on any atom is -0.340 e. The molecule has 0 aliphatic rings. The second-order valence-corrected chi connectivity index (χ2v) is 4.39. The van der Waals surface area contributed by atoms with Gasteiger partial charge in [0.05, 0.1) is 0 Å². The minimum atomic E-state index is 0.0657. The Morgan fingerprint density at radius 1 is 1.17 bits per heavy atom. The lowest BCUT2D eigenvalue weighted by atomic mass is 10.1. The second kappa shape index (κ2) is 5.65. The summed E-state index contributed by atoms with van der Waals surface area (Å²) in [6, 6.07) is 13.9. The number of likely N-dealkylation sites (N-methyl/N-ethyl adjacent to an activating group) is 2. The zero-order valence-corrected chi connectivity index (χ0v) is 10.8. The molecule has 2 aromatic carbocycles. The van der Waals surface area contributed by atoms with E-state index < -0.39 is 0 Å². The number of amides is 1. The number of nitrogens with zero attached hydrogens (tertiary/aromatic N) is 1. The predicted octanol–water partition coefficient (Wildman–Crippen LogP) is 2.13. The van der Waals surface area contributed by atoms with Crippen LogP contribution >= 0.6 is 0 Å². The van der Waals surface area contributed by atoms with E-state index in [2.05, 4.69) is 5.32 Å². The molecule has 2 rings (SSSR count). The maximum absolute atomic E-state index is 12.2. The molecule has 0 aliphatic carbocycles. The molecule has 0 radical (unpaired) electrons. The SMILES string of the molecule is CNCCN(C)C(=O)c1ccc2ccccc2c1. The highest BCUT2D eigenvalue weighted by Gasteiger charge is 2.11. The first-order chi connectivity index (χ1) is 8.72. The third kappa shape index (κ3) is 2.68. The van der Waals surface area contributed by atoms with Gasteiger partial charge in [-0.3, -0.25) is 4.79 Å². The van der Waals surface area contributed by atoms with Crippen molar-refractivity contribution in [1.29, 1.82) is 0 Å². The van der Waals surface area contributed by atoms with E-state index in [0.29, 0.717) is 6.54 Å². The van der Waals surface area contributed by atoms with Gasteiger partial charge in [0.25, 0.3) is 5.91 Å². The molecular weight excluding hydrogens is 224 g/mol. The molecular formula is C15H18N2O. The molecule has 3 heteroatoms. The van der Waals surface area contributed by atoms with Crippen LogP contribution < -0.4 is 5.32 Å². The van der Waals surface area contributed by atoms with Gasteiger partial charge in [-0.1, -0.05) is 30.3 Å². The highest BCUT2D eigenvalue weighted by atomic mass is 16.2. The van der Waals surface area contributed by atoms with E-state index in [1.165, 1.54) is 0 Å². The van der Waals surface area contributed by atoms with Gasteiger partial charge in [0.2, 0.25) is 0 Å². The Kier molecular flexibility index (Phi) is 3.95. The number of fused-ring (bicyclic) bond motifs is 1. The molecule has 0 saturated carbocycles. The molecule has 3 nitrogen and oxygen atoms in total. The molecule has 2 aromatic rings. The summed E-state index contributed by atoms with van der Waals surface area (Å²) in [6.07, 6.45) is 0. The van der Waals surface area contributed by atoms with Crippen molar-refractivity contribution in [2.24, 2.45) is 0 Å². The molecule has 0 aliphatic heterocycles. The molecule has 18 heavy (non-hydrogen) atoms. The van der Waals surface area contributed by atoms with Gasteiger partial charge in [-0.05, 0) is 30.0 Å². The quantitative estimate of drug-likeness (QED) is 0.890. The third-order valence-corrected chi connectivity index (χ3v) is 3.04. The van der Waals surface area contributed by atoms with Crippen molar-refractivity contribution >= 4 is 16.7 Å². The molecule has 0 saturated heterocycles. The first kappa shape index (κ1) is 12.6. The number of carbonyl (C=O) groups excluding carboxylic acids is 1. The van der Waals surface area contributed by atoms with E-state index in [1.807, 2.05) is 56.6 Å². The fourth-order valence-corrected chi connectivity index (χ4v) is 1.92. The Balaban J connectivity index is 2.22. The summed E-state index contributed by atoms with van der Waals surface area (Å²) >= 11 is 0. The van der Waals surface area contributed by atoms with Crippen LogP contribution in [0.2, 0.25) is 0 Å². The predicted molar refractivity (Wildman–Crippen MR) is 74.8 cm³/mol. The Hall–Kier alpha value is -1.87. The Morgan fingerprint density at radius 2 is 1.89 bits per heavy atom. The van der Waals surface area contributed by atoms with Crippen molar-refractivity contribution in [3.63, 3.8) is 0 Å². The van der Waals surface area contributed by atoms with Gasteiger partial charge >= 0.3 is 0 Å². The number of rotatable bonds is 4. The monoisotopic (exact) mass is 242 g/mol. The Bertz CT molecular complexity index is 551. The molecule has 1 amide bonds. The van der Waals surface area contributed by atoms with Crippen LogP contribution in [-0.4, -0.2) is 38.0 Å². The maximum Gasteiger partial charge on any atom is 0.253 e. The van der Waals surface area contributed by atoms with E-state index in [0.717, 1.165) is 22.9 Å². The fourth-order valence-electron chi connectivity index (χ4n) is 1.92. The Labute approximate surface area is 107 Å². The molecule has 0 atom stereocenters. The first-order valence-corrected chi connectivity index (χ1v) is 6.11. The zero-order chi connectivity index (χ0) is 13.0. The van der Waals surface area contributed by atoms with E-state index in [1.54, 1.807) is 4.90 Å². The number of benzene rings is 2. The minimum absolute atomic E-state index is 0.0657. The van der Waals surface area contributed by atoms with Gasteiger partial charge in [-0.15, -0.1) is 0 Å². The van der Waals surface area contributed by atoms with Crippen LogP contribution in [0.4, 0.5) is 0 Å². The van der Waals surface area contributed by atoms with Crippen molar-refractivity contribution < 1.29 is 4.79 Å². The van der Waals surface area contributed by atoms with Gasteiger partial charge in [0, 0.05) is 25.7 Å². The van der Waals surface area contributed by atoms with E-state index >= 15 is 0 Å². The van der Waals surface area contributed by atoms with E-state index in [-0.39, 0.29) is 5.91 Å². The fraction of sp³-hybridized carbons (Fsp3) is 0.267. The molecule has 0 spiro atoms. The lowest BCUT2D eigenvalue weighted by Crippen LogP contribution is -2.32. The van der Waals surface area contributed by atoms with Gasteiger partial charge in [0.1, 0.15) is 0 Å². The number of nitrogens with one attached hydrogen (secondary N) is 1. The summed E-state index contributed by atoms with van der Waals surface area (Å²) in [6.45, 7) is 1.51. The van der Waals surface area contributed by atoms with Crippen LogP contribution in [-0.2, 0) is 0 Å². The summed E-state index contributed by atoms with van der Waals surface area (Å²) in [5.41, 5.74) is 0.743. The standard InChI is InChI=1S/C15H18N2O/c1-16-9-10-17(2)15(18)14-8-7-12-5-3-4-6-13(12)11-14/h3-8,11,16H,9-10H2,1-2H3. The van der Waals surface area contributed by atoms with Crippen molar-refractivity contribution in [3.05, 3.63) is 48.0 Å². The number of hydrogen-bond donors (Lipinski definition) is 1. The van der Waals surface area contributed by atoms with Crippen molar-refractivity contribution in [3.8, 4) is 0 Å². The summed E-state index contributed by atoms with van der Waals surface area (Å²) in [7, 11) is 3.71. The molecule has 94 valence electrons. The molecule has 0 fully saturated rings. The topological polar surface area (TPSA) is 32.3 Å². The zero-order valence-electron chi connectivity index (χ0n) is 10.8. The summed E-state index contributed by atoms with van der Waals surface area (Å²) in [5, 5.41) is 5.30. The van der Waals surface area contributed by atoms with Crippen molar-refractivity contribution in [2.45, 2.75) is 0 Å². The Morgan fingerprint density at radius 3 is 2.61 bits per heavy atom. The van der Waals surface area contributed by atoms with Gasteiger partial charge in [-0.25, -0.2) is 0 Å². The van der Waals surface area contributed by atoms with Crippen LogP contribution in [0.5, 0.6) is 0 Å². The highest BCUT2D eigenvalue weighted by Crippen LogP contribution is 2.16. The van der Waals surface area contributed by atoms with Crippen molar-refractivity contribution in [1.82, 2.24) is 10.2 Å². The van der Waals surface area contributed by atoms with Crippen LogP contribution in [0, 0.1) is 0 Å². The van der Waals surface area contributed by atoms with Gasteiger partial charge < -0.3 is 10.2 Å². The molecule has 0 bridgehead atoms. The van der Waals surface area contributed by atoms with Crippen LogP contribution in [0.15, 0.2) is 42.5 Å². The molecule has 0 heterocycles. The molecule has 0 unspecified atom stereocenters. The summed E-state index contributed by atoms with van der Waals surface area (Å²) < 4.78 is 0. The van der Waals surface area contributed by atoms with E-state index in [9.17, 15) is 4.79 Å². The third-order valence-electron chi connectivity index (χ3n) is 3.04. The maximum atomic E-state index is 12.2. The lowest BCUT2D eigenvalue weighted by molar-refractivity contribution is 0.0797. The second-order valence-electron chi connectivity index (χ2n) is 4.39. The average Bonchev–Trinajstić information content (AvgIpc) is 2.43. The van der Waals surface area contributed by atoms with Crippen LogP contribution in [0.3, 0.4) is 0 Å². The van der Waals surface area contributed by atoms with Crippen LogP contribution in [0.25, 0.3) is 10.8 Å². The molecule has 0 aromatic heterocycles. The normalized spacial score (nSPS) is 10.6. The van der Waals surface area contributed by atoms with Gasteiger partial charge in [-0.2, -0.15) is 0 Å². The van der Waals surface area contributed by atoms with Crippen LogP contribution in [0.1, 0.15) is 10.4 Å². The lowest BCUT2D eigenvalue weighted by Gasteiger charge is -2.17. The smallest absolute Gasteiger partial charge is 0.253 e. The highest BCUT2D eigenvalue weighted by molar-refractivity contribution is 5.98.